The van der Waals surface area contributed by atoms with Crippen LogP contribution in [0.25, 0.3) is 6.08 Å². The molecule has 0 N–H and O–H groups in total. The molecule has 0 saturated carbocycles. The van der Waals surface area contributed by atoms with Gasteiger partial charge < -0.3 is 14.4 Å². The van der Waals surface area contributed by atoms with Gasteiger partial charge in [-0.25, -0.2) is 0 Å². The molecule has 29 heavy (non-hydrogen) atoms. The first-order valence-corrected chi connectivity index (χ1v) is 10.0. The summed E-state index contributed by atoms with van der Waals surface area (Å²) in [6.07, 6.45) is 4.26. The highest BCUT2D eigenvalue weighted by Gasteiger charge is 2.23. The van der Waals surface area contributed by atoms with E-state index in [4.69, 9.17) is 9.47 Å². The predicted octanol–water partition coefficient (Wildman–Crippen LogP) is 4.15. The summed E-state index contributed by atoms with van der Waals surface area (Å²) in [4.78, 5) is 16.1. The van der Waals surface area contributed by atoms with E-state index in [-0.39, 0.29) is 5.97 Å². The zero-order valence-corrected chi connectivity index (χ0v) is 17.7. The lowest BCUT2D eigenvalue weighted by atomic mass is 10.1. The number of anilines is 1. The molecule has 1 fully saturated rings. The quantitative estimate of drug-likeness (QED) is 0.544. The van der Waals surface area contributed by atoms with E-state index in [1.807, 2.05) is 12.1 Å². The van der Waals surface area contributed by atoms with Crippen molar-refractivity contribution in [2.45, 2.75) is 26.8 Å². The van der Waals surface area contributed by atoms with Crippen LogP contribution in [-0.2, 0) is 4.79 Å². The van der Waals surface area contributed by atoms with Gasteiger partial charge >= 0.3 is 5.97 Å². The molecule has 1 saturated heterocycles. The molecule has 0 aromatic heterocycles. The number of ether oxygens (including phenoxy) is 2. The lowest BCUT2D eigenvalue weighted by Crippen LogP contribution is -2.51. The number of hydrogen-bond donors (Lipinski definition) is 0. The molecule has 1 heterocycles. The van der Waals surface area contributed by atoms with E-state index < -0.39 is 0 Å². The molecule has 0 aliphatic carbocycles. The maximum absolute atomic E-state index is 11.2. The van der Waals surface area contributed by atoms with Gasteiger partial charge in [-0.2, -0.15) is 0 Å². The Hall–Kier alpha value is -2.79. The standard InChI is InChI=1S/C24H30N2O3/c1-18-7-10-22(11-8-18)26-15-14-25(17-19(26)2)13-5-6-21-9-12-23(29-20(3)27)24(16-21)28-4/h5-12,16,19H,13-15,17H2,1-4H3/b6-5-. The van der Waals surface area contributed by atoms with E-state index in [1.165, 1.54) is 18.2 Å². The summed E-state index contributed by atoms with van der Waals surface area (Å²) in [5, 5.41) is 0. The zero-order chi connectivity index (χ0) is 20.8. The van der Waals surface area contributed by atoms with Crippen LogP contribution in [0.4, 0.5) is 5.69 Å². The average molecular weight is 395 g/mol. The predicted molar refractivity (Wildman–Crippen MR) is 118 cm³/mol. The number of rotatable bonds is 6. The number of benzene rings is 2. The summed E-state index contributed by atoms with van der Waals surface area (Å²) in [5.41, 5.74) is 3.62. The van der Waals surface area contributed by atoms with Crippen LogP contribution in [0.15, 0.2) is 48.5 Å². The number of hydrogen-bond acceptors (Lipinski definition) is 5. The SMILES string of the molecule is COc1cc(/C=C\CN2CCN(c3ccc(C)cc3)C(C)C2)ccc1OC(C)=O. The van der Waals surface area contributed by atoms with Crippen LogP contribution in [0.1, 0.15) is 25.0 Å². The summed E-state index contributed by atoms with van der Waals surface area (Å²) >= 11 is 0. The van der Waals surface area contributed by atoms with Gasteiger partial charge in [-0.3, -0.25) is 9.69 Å². The van der Waals surface area contributed by atoms with Crippen molar-refractivity contribution < 1.29 is 14.3 Å². The van der Waals surface area contributed by atoms with E-state index in [0.717, 1.165) is 31.7 Å². The fraction of sp³-hybridized carbons (Fsp3) is 0.375. The molecular formula is C24H30N2O3. The van der Waals surface area contributed by atoms with Gasteiger partial charge in [-0.05, 0) is 43.7 Å². The van der Waals surface area contributed by atoms with Gasteiger partial charge in [-0.1, -0.05) is 35.9 Å². The number of carbonyl (C=O) groups is 1. The molecule has 5 heteroatoms. The minimum absolute atomic E-state index is 0.356. The Bertz CT molecular complexity index is 861. The Balaban J connectivity index is 1.56. The molecule has 1 aliphatic heterocycles. The van der Waals surface area contributed by atoms with Crippen molar-refractivity contribution in [3.63, 3.8) is 0 Å². The number of carbonyl (C=O) groups excluding carboxylic acids is 1. The van der Waals surface area contributed by atoms with E-state index >= 15 is 0 Å². The van der Waals surface area contributed by atoms with Gasteiger partial charge in [0.15, 0.2) is 11.5 Å². The van der Waals surface area contributed by atoms with Crippen LogP contribution in [0, 0.1) is 6.92 Å². The van der Waals surface area contributed by atoms with Crippen LogP contribution < -0.4 is 14.4 Å². The normalized spacial score (nSPS) is 17.5. The van der Waals surface area contributed by atoms with Gasteiger partial charge in [0.25, 0.3) is 0 Å². The second kappa shape index (κ2) is 9.61. The summed E-state index contributed by atoms with van der Waals surface area (Å²) in [5.74, 6) is 0.645. The third kappa shape index (κ3) is 5.61. The zero-order valence-electron chi connectivity index (χ0n) is 17.7. The molecule has 5 nitrogen and oxygen atoms in total. The van der Waals surface area contributed by atoms with Crippen LogP contribution in [-0.4, -0.2) is 50.2 Å². The molecule has 0 spiro atoms. The van der Waals surface area contributed by atoms with Crippen LogP contribution in [0.2, 0.25) is 0 Å². The van der Waals surface area contributed by atoms with Gasteiger partial charge in [0, 0.05) is 44.8 Å². The highest BCUT2D eigenvalue weighted by molar-refractivity contribution is 5.71. The van der Waals surface area contributed by atoms with Crippen molar-refractivity contribution in [1.82, 2.24) is 4.90 Å². The highest BCUT2D eigenvalue weighted by atomic mass is 16.6. The molecule has 0 amide bonds. The van der Waals surface area contributed by atoms with Crippen molar-refractivity contribution in [1.29, 1.82) is 0 Å². The Kier molecular flexibility index (Phi) is 6.94. The van der Waals surface area contributed by atoms with Crippen molar-refractivity contribution in [3.8, 4) is 11.5 Å². The molecule has 0 radical (unpaired) electrons. The minimum Gasteiger partial charge on any atom is -0.493 e. The largest absolute Gasteiger partial charge is 0.493 e. The van der Waals surface area contributed by atoms with Crippen LogP contribution >= 0.6 is 0 Å². The first kappa shape index (κ1) is 20.9. The molecule has 1 unspecified atom stereocenters. The maximum Gasteiger partial charge on any atom is 0.308 e. The second-order valence-electron chi connectivity index (χ2n) is 7.54. The summed E-state index contributed by atoms with van der Waals surface area (Å²) in [7, 11) is 1.57. The van der Waals surface area contributed by atoms with Crippen LogP contribution in [0.3, 0.4) is 0 Å². The van der Waals surface area contributed by atoms with Gasteiger partial charge in [0.1, 0.15) is 0 Å². The first-order valence-electron chi connectivity index (χ1n) is 10.0. The van der Waals surface area contributed by atoms with Crippen molar-refractivity contribution in [2.75, 3.05) is 38.2 Å². The second-order valence-corrected chi connectivity index (χ2v) is 7.54. The molecular weight excluding hydrogens is 364 g/mol. The Morgan fingerprint density at radius 2 is 1.90 bits per heavy atom. The van der Waals surface area contributed by atoms with Crippen molar-refractivity contribution >= 4 is 17.7 Å². The van der Waals surface area contributed by atoms with Crippen molar-refractivity contribution in [3.05, 3.63) is 59.7 Å². The fourth-order valence-electron chi connectivity index (χ4n) is 3.68. The summed E-state index contributed by atoms with van der Waals surface area (Å²) < 4.78 is 10.5. The number of aryl methyl sites for hydroxylation is 1. The minimum atomic E-state index is -0.356. The third-order valence-corrected chi connectivity index (χ3v) is 5.19. The fourth-order valence-corrected chi connectivity index (χ4v) is 3.68. The third-order valence-electron chi connectivity index (χ3n) is 5.19. The monoisotopic (exact) mass is 394 g/mol. The first-order chi connectivity index (χ1) is 14.0. The number of esters is 1. The molecule has 3 rings (SSSR count). The Morgan fingerprint density at radius 3 is 2.55 bits per heavy atom. The smallest absolute Gasteiger partial charge is 0.308 e. The number of nitrogens with zero attached hydrogens (tertiary/aromatic N) is 2. The van der Waals surface area contributed by atoms with Gasteiger partial charge in [-0.15, -0.1) is 0 Å². The maximum atomic E-state index is 11.2. The Labute approximate surface area is 173 Å². The van der Waals surface area contributed by atoms with E-state index in [1.54, 1.807) is 13.2 Å². The van der Waals surface area contributed by atoms with E-state index in [9.17, 15) is 4.79 Å². The topological polar surface area (TPSA) is 42.0 Å². The van der Waals surface area contributed by atoms with Gasteiger partial charge in [0.05, 0.1) is 7.11 Å². The lowest BCUT2D eigenvalue weighted by molar-refractivity contribution is -0.132. The van der Waals surface area contributed by atoms with Crippen molar-refractivity contribution in [2.24, 2.45) is 0 Å². The van der Waals surface area contributed by atoms with E-state index in [0.29, 0.717) is 17.5 Å². The molecule has 1 aliphatic rings. The summed E-state index contributed by atoms with van der Waals surface area (Å²) in [6.45, 7) is 9.80. The average Bonchev–Trinajstić information content (AvgIpc) is 2.69. The molecule has 2 aromatic carbocycles. The molecule has 2 aromatic rings. The summed E-state index contributed by atoms with van der Waals surface area (Å²) in [6, 6.07) is 14.8. The molecule has 1 atom stereocenters. The lowest BCUT2D eigenvalue weighted by Gasteiger charge is -2.41. The Morgan fingerprint density at radius 1 is 1.14 bits per heavy atom. The van der Waals surface area contributed by atoms with Crippen LogP contribution in [0.5, 0.6) is 11.5 Å². The van der Waals surface area contributed by atoms with Gasteiger partial charge in [0.2, 0.25) is 0 Å². The molecule has 0 bridgehead atoms. The number of methoxy groups -OCH3 is 1. The molecule has 154 valence electrons. The highest BCUT2D eigenvalue weighted by Crippen LogP contribution is 2.28. The number of piperazine rings is 1. The van der Waals surface area contributed by atoms with E-state index in [2.05, 4.69) is 60.1 Å².